The van der Waals surface area contributed by atoms with E-state index < -0.39 is 5.97 Å². The van der Waals surface area contributed by atoms with Crippen molar-refractivity contribution in [3.05, 3.63) is 64.7 Å². The molecule has 4 rings (SSSR count). The minimum Gasteiger partial charge on any atom is -0.481 e. The number of aliphatic carboxylic acids is 1. The van der Waals surface area contributed by atoms with Crippen molar-refractivity contribution in [1.82, 2.24) is 4.90 Å². The summed E-state index contributed by atoms with van der Waals surface area (Å²) in [5, 5.41) is 9.57. The molecule has 0 bridgehead atoms. The maximum absolute atomic E-state index is 12.9. The molecule has 2 aromatic rings. The first-order valence-corrected chi connectivity index (χ1v) is 11.3. The van der Waals surface area contributed by atoms with Gasteiger partial charge in [-0.05, 0) is 73.8 Å². The zero-order valence-corrected chi connectivity index (χ0v) is 18.3. The molecule has 2 atom stereocenters. The minimum atomic E-state index is -0.692. The molecule has 2 saturated carbocycles. The molecule has 2 fully saturated rings. The number of carbonyl (C=O) groups is 2. The highest BCUT2D eigenvalue weighted by Crippen LogP contribution is 2.38. The molecule has 31 heavy (non-hydrogen) atoms. The lowest BCUT2D eigenvalue weighted by Crippen LogP contribution is -2.35. The summed E-state index contributed by atoms with van der Waals surface area (Å²) in [4.78, 5) is 26.4. The van der Waals surface area contributed by atoms with E-state index in [1.807, 2.05) is 61.2 Å². The van der Waals surface area contributed by atoms with Crippen molar-refractivity contribution < 1.29 is 19.4 Å². The number of benzene rings is 2. The van der Waals surface area contributed by atoms with Crippen LogP contribution in [0.3, 0.4) is 0 Å². The van der Waals surface area contributed by atoms with Crippen LogP contribution in [0.2, 0.25) is 0 Å². The minimum absolute atomic E-state index is 0.0779. The van der Waals surface area contributed by atoms with Gasteiger partial charge in [0.1, 0.15) is 5.75 Å². The van der Waals surface area contributed by atoms with E-state index in [2.05, 4.69) is 0 Å². The fourth-order valence-electron chi connectivity index (χ4n) is 4.61. The van der Waals surface area contributed by atoms with Crippen molar-refractivity contribution in [3.8, 4) is 5.75 Å². The number of hydrogen-bond donors (Lipinski definition) is 1. The monoisotopic (exact) mass is 421 g/mol. The van der Waals surface area contributed by atoms with Crippen LogP contribution >= 0.6 is 0 Å². The van der Waals surface area contributed by atoms with Crippen molar-refractivity contribution >= 4 is 12.1 Å². The number of hydrogen-bond acceptors (Lipinski definition) is 3. The lowest BCUT2D eigenvalue weighted by molar-refractivity contribution is -0.143. The predicted octanol–water partition coefficient (Wildman–Crippen LogP) is 5.83. The van der Waals surface area contributed by atoms with Crippen LogP contribution in [0.4, 0.5) is 4.79 Å². The molecule has 0 radical (unpaired) electrons. The number of nitrogens with zero attached hydrogens (tertiary/aromatic N) is 1. The van der Waals surface area contributed by atoms with E-state index in [4.69, 9.17) is 4.74 Å². The normalized spacial score (nSPS) is 20.8. The summed E-state index contributed by atoms with van der Waals surface area (Å²) in [5.74, 6) is -0.296. The van der Waals surface area contributed by atoms with Gasteiger partial charge in [-0.1, -0.05) is 49.2 Å². The van der Waals surface area contributed by atoms with E-state index in [1.54, 1.807) is 0 Å². The molecular formula is C26H31NO4. The van der Waals surface area contributed by atoms with Crippen LogP contribution in [0, 0.1) is 19.8 Å². The number of carboxylic acid groups (broad SMARTS) is 1. The Morgan fingerprint density at radius 1 is 1.00 bits per heavy atom. The van der Waals surface area contributed by atoms with Gasteiger partial charge < -0.3 is 14.7 Å². The molecule has 2 aliphatic rings. The second-order valence-electron chi connectivity index (χ2n) is 9.00. The molecule has 2 aromatic carbocycles. The number of carboxylic acids is 1. The summed E-state index contributed by atoms with van der Waals surface area (Å²) in [5.41, 5.74) is 4.21. The van der Waals surface area contributed by atoms with Crippen LogP contribution in [-0.4, -0.2) is 28.1 Å². The zero-order valence-electron chi connectivity index (χ0n) is 18.3. The van der Waals surface area contributed by atoms with Gasteiger partial charge in [0, 0.05) is 12.6 Å². The molecule has 0 aromatic heterocycles. The highest BCUT2D eigenvalue weighted by Gasteiger charge is 2.35. The van der Waals surface area contributed by atoms with Crippen molar-refractivity contribution in [2.75, 3.05) is 0 Å². The Morgan fingerprint density at radius 3 is 2.39 bits per heavy atom. The van der Waals surface area contributed by atoms with E-state index >= 15 is 0 Å². The number of aryl methyl sites for hydroxylation is 1. The Hall–Kier alpha value is -2.82. The standard InChI is InChI=1S/C26H31NO4/c1-17-6-5-9-24(18(17)2)31-26(30)27(21-14-15-21)16-19-10-12-20(13-11-19)22-7-3-4-8-23(22)25(28)29/h5-6,9-13,21-23H,3-4,7-8,14-16H2,1-2H3,(H,28,29)/t22-,23+/m1/s1. The SMILES string of the molecule is Cc1cccc(OC(=O)N(Cc2ccc([C@H]3CCCC[C@@H]3C(=O)O)cc2)C2CC2)c1C. The Morgan fingerprint density at radius 2 is 1.71 bits per heavy atom. The average molecular weight is 422 g/mol. The van der Waals surface area contributed by atoms with Gasteiger partial charge in [-0.2, -0.15) is 0 Å². The smallest absolute Gasteiger partial charge is 0.415 e. The third-order valence-electron chi connectivity index (χ3n) is 6.82. The lowest BCUT2D eigenvalue weighted by Gasteiger charge is -2.29. The summed E-state index contributed by atoms with van der Waals surface area (Å²) in [6.07, 6.45) is 5.44. The summed E-state index contributed by atoms with van der Waals surface area (Å²) < 4.78 is 5.74. The summed E-state index contributed by atoms with van der Waals surface area (Å²) in [6.45, 7) is 4.48. The van der Waals surface area contributed by atoms with Crippen molar-refractivity contribution in [2.45, 2.75) is 70.9 Å². The van der Waals surface area contributed by atoms with Crippen LogP contribution in [0.1, 0.15) is 66.7 Å². The molecule has 0 aliphatic heterocycles. The van der Waals surface area contributed by atoms with E-state index in [-0.39, 0.29) is 24.0 Å². The van der Waals surface area contributed by atoms with Crippen LogP contribution in [0.25, 0.3) is 0 Å². The van der Waals surface area contributed by atoms with E-state index in [0.717, 1.165) is 60.8 Å². The quantitative estimate of drug-likeness (QED) is 0.638. The van der Waals surface area contributed by atoms with Crippen molar-refractivity contribution in [3.63, 3.8) is 0 Å². The van der Waals surface area contributed by atoms with E-state index in [0.29, 0.717) is 12.3 Å². The van der Waals surface area contributed by atoms with Gasteiger partial charge in [-0.3, -0.25) is 4.79 Å². The molecule has 0 heterocycles. The zero-order chi connectivity index (χ0) is 22.0. The molecule has 5 nitrogen and oxygen atoms in total. The number of amides is 1. The molecular weight excluding hydrogens is 390 g/mol. The molecule has 0 spiro atoms. The summed E-state index contributed by atoms with van der Waals surface area (Å²) >= 11 is 0. The van der Waals surface area contributed by atoms with Crippen molar-refractivity contribution in [1.29, 1.82) is 0 Å². The molecule has 0 unspecified atom stereocenters. The Balaban J connectivity index is 1.45. The average Bonchev–Trinajstić information content (AvgIpc) is 3.61. The second-order valence-corrected chi connectivity index (χ2v) is 9.00. The molecule has 164 valence electrons. The van der Waals surface area contributed by atoms with Crippen LogP contribution in [0.5, 0.6) is 5.75 Å². The Labute approximate surface area is 184 Å². The Bertz CT molecular complexity index is 948. The first-order valence-electron chi connectivity index (χ1n) is 11.3. The van der Waals surface area contributed by atoms with E-state index in [1.165, 1.54) is 0 Å². The molecule has 0 saturated heterocycles. The third kappa shape index (κ3) is 4.92. The summed E-state index contributed by atoms with van der Waals surface area (Å²) in [6, 6.07) is 14.1. The molecule has 1 amide bonds. The van der Waals surface area contributed by atoms with Gasteiger partial charge in [0.15, 0.2) is 0 Å². The largest absolute Gasteiger partial charge is 0.481 e. The van der Waals surface area contributed by atoms with Crippen LogP contribution < -0.4 is 4.74 Å². The highest BCUT2D eigenvalue weighted by molar-refractivity contribution is 5.72. The maximum Gasteiger partial charge on any atom is 0.415 e. The predicted molar refractivity (Wildman–Crippen MR) is 119 cm³/mol. The van der Waals surface area contributed by atoms with Gasteiger partial charge in [-0.25, -0.2) is 4.79 Å². The number of ether oxygens (including phenoxy) is 1. The van der Waals surface area contributed by atoms with Crippen molar-refractivity contribution in [2.24, 2.45) is 5.92 Å². The first-order chi connectivity index (χ1) is 14.9. The third-order valence-corrected chi connectivity index (χ3v) is 6.82. The van der Waals surface area contributed by atoms with Gasteiger partial charge in [-0.15, -0.1) is 0 Å². The fraction of sp³-hybridized carbons (Fsp3) is 0.462. The second kappa shape index (κ2) is 9.13. The lowest BCUT2D eigenvalue weighted by atomic mass is 9.75. The number of carbonyl (C=O) groups excluding carboxylic acids is 1. The molecule has 1 N–H and O–H groups in total. The van der Waals surface area contributed by atoms with E-state index in [9.17, 15) is 14.7 Å². The van der Waals surface area contributed by atoms with Crippen LogP contribution in [0.15, 0.2) is 42.5 Å². The molecule has 5 heteroatoms. The van der Waals surface area contributed by atoms with Gasteiger partial charge in [0.2, 0.25) is 0 Å². The van der Waals surface area contributed by atoms with Gasteiger partial charge in [0.05, 0.1) is 5.92 Å². The van der Waals surface area contributed by atoms with Crippen LogP contribution in [-0.2, 0) is 11.3 Å². The topological polar surface area (TPSA) is 66.8 Å². The Kier molecular flexibility index (Phi) is 6.30. The highest BCUT2D eigenvalue weighted by atomic mass is 16.6. The fourth-order valence-corrected chi connectivity index (χ4v) is 4.61. The first kappa shape index (κ1) is 21.4. The maximum atomic E-state index is 12.9. The van der Waals surface area contributed by atoms with Gasteiger partial charge >= 0.3 is 12.1 Å². The van der Waals surface area contributed by atoms with Gasteiger partial charge in [0.25, 0.3) is 0 Å². The summed E-state index contributed by atoms with van der Waals surface area (Å²) in [7, 11) is 0. The number of rotatable bonds is 6. The molecule has 2 aliphatic carbocycles.